The van der Waals surface area contributed by atoms with Crippen molar-refractivity contribution in [2.45, 2.75) is 120 Å². The number of carbonyl (C=O) groups is 2. The maximum Gasteiger partial charge on any atom is 0.306 e. The second kappa shape index (κ2) is 11.9. The van der Waals surface area contributed by atoms with Crippen LogP contribution in [-0.4, -0.2) is 71.4 Å². The lowest BCUT2D eigenvalue weighted by molar-refractivity contribution is -0.961. The standard InChI is InChI=1S/C35H48N2O4/c1-36(24-26-10-5-3-6-11-26)28-16-17-29(36)21-32(20-28)40-34(38)14-9-15-35(39)41-33-22-30-18-19-31(23-33)37(30,2)25-27-12-7-4-8-13-27/h3-8,10-13,28-33H,9,14-25H2,1-2H3/q+2. The Labute approximate surface area is 245 Å². The average Bonchev–Trinajstić information content (AvgIpc) is 3.20. The Balaban J connectivity index is 0.915. The fraction of sp³-hybridized carbons (Fsp3) is 0.600. The summed E-state index contributed by atoms with van der Waals surface area (Å²) in [6.45, 7) is 2.10. The third kappa shape index (κ3) is 6.10. The van der Waals surface area contributed by atoms with Gasteiger partial charge < -0.3 is 18.4 Å². The summed E-state index contributed by atoms with van der Waals surface area (Å²) in [6, 6.07) is 23.7. The minimum Gasteiger partial charge on any atom is -0.462 e. The molecule has 4 aliphatic heterocycles. The van der Waals surface area contributed by atoms with Crippen molar-refractivity contribution in [2.24, 2.45) is 0 Å². The van der Waals surface area contributed by atoms with Crippen molar-refractivity contribution in [1.29, 1.82) is 0 Å². The normalized spacial score (nSPS) is 35.7. The first-order valence-electron chi connectivity index (χ1n) is 16.0. The Bertz CT molecular complexity index is 1080. The number of hydrogen-bond acceptors (Lipinski definition) is 4. The smallest absolute Gasteiger partial charge is 0.306 e. The summed E-state index contributed by atoms with van der Waals surface area (Å²) in [5.41, 5.74) is 2.77. The van der Waals surface area contributed by atoms with Crippen LogP contribution in [0.4, 0.5) is 0 Å². The maximum absolute atomic E-state index is 12.7. The van der Waals surface area contributed by atoms with E-state index in [0.29, 0.717) is 43.4 Å². The number of ether oxygens (including phenoxy) is 2. The molecule has 4 heterocycles. The number of esters is 2. The molecule has 41 heavy (non-hydrogen) atoms. The quantitative estimate of drug-likeness (QED) is 0.267. The minimum atomic E-state index is -0.161. The predicted molar refractivity (Wildman–Crippen MR) is 158 cm³/mol. The van der Waals surface area contributed by atoms with E-state index < -0.39 is 0 Å². The van der Waals surface area contributed by atoms with Gasteiger partial charge in [0.25, 0.3) is 0 Å². The second-order valence-corrected chi connectivity index (χ2v) is 13.8. The van der Waals surface area contributed by atoms with Crippen molar-refractivity contribution < 1.29 is 28.0 Å². The molecule has 0 N–H and O–H groups in total. The number of carbonyl (C=O) groups excluding carboxylic acids is 2. The molecule has 4 fully saturated rings. The monoisotopic (exact) mass is 560 g/mol. The highest BCUT2D eigenvalue weighted by molar-refractivity contribution is 5.72. The largest absolute Gasteiger partial charge is 0.462 e. The van der Waals surface area contributed by atoms with E-state index in [1.165, 1.54) is 36.8 Å². The second-order valence-electron chi connectivity index (χ2n) is 13.8. The first-order chi connectivity index (χ1) is 19.8. The highest BCUT2D eigenvalue weighted by Gasteiger charge is 2.53. The van der Waals surface area contributed by atoms with Gasteiger partial charge in [0.05, 0.1) is 38.3 Å². The number of quaternary nitrogens is 2. The molecule has 0 radical (unpaired) electrons. The van der Waals surface area contributed by atoms with Gasteiger partial charge in [-0.3, -0.25) is 9.59 Å². The zero-order valence-corrected chi connectivity index (χ0v) is 25.0. The molecule has 0 aliphatic carbocycles. The van der Waals surface area contributed by atoms with E-state index in [2.05, 4.69) is 74.8 Å². The van der Waals surface area contributed by atoms with E-state index in [1.54, 1.807) is 0 Å². The number of fused-ring (bicyclic) bond motifs is 4. The van der Waals surface area contributed by atoms with Gasteiger partial charge in [-0.1, -0.05) is 60.7 Å². The van der Waals surface area contributed by atoms with E-state index in [0.717, 1.165) is 47.7 Å². The maximum atomic E-state index is 12.7. The molecular formula is C35H48N2O4+2. The molecular weight excluding hydrogens is 512 g/mol. The van der Waals surface area contributed by atoms with Gasteiger partial charge >= 0.3 is 11.9 Å². The van der Waals surface area contributed by atoms with Gasteiger partial charge in [-0.15, -0.1) is 0 Å². The summed E-state index contributed by atoms with van der Waals surface area (Å²) < 4.78 is 14.0. The molecule has 4 unspecified atom stereocenters. The molecule has 220 valence electrons. The van der Waals surface area contributed by atoms with Gasteiger partial charge in [0, 0.05) is 75.3 Å². The first-order valence-corrected chi connectivity index (χ1v) is 16.0. The van der Waals surface area contributed by atoms with Gasteiger partial charge in [0.1, 0.15) is 25.3 Å². The summed E-state index contributed by atoms with van der Waals surface area (Å²) in [4.78, 5) is 25.4. The average molecular weight is 561 g/mol. The lowest BCUT2D eigenvalue weighted by Gasteiger charge is -2.47. The van der Waals surface area contributed by atoms with Crippen LogP contribution in [0.2, 0.25) is 0 Å². The Morgan fingerprint density at radius 1 is 0.610 bits per heavy atom. The van der Waals surface area contributed by atoms with Crippen molar-refractivity contribution in [3.8, 4) is 0 Å². The van der Waals surface area contributed by atoms with Gasteiger partial charge in [0.2, 0.25) is 0 Å². The van der Waals surface area contributed by atoms with Gasteiger partial charge in [0.15, 0.2) is 0 Å². The van der Waals surface area contributed by atoms with E-state index in [9.17, 15) is 9.59 Å². The number of rotatable bonds is 10. The number of piperidine rings is 2. The van der Waals surface area contributed by atoms with E-state index in [4.69, 9.17) is 9.47 Å². The van der Waals surface area contributed by atoms with Gasteiger partial charge in [-0.2, -0.15) is 0 Å². The third-order valence-corrected chi connectivity index (χ3v) is 11.2. The molecule has 4 saturated heterocycles. The summed E-state index contributed by atoms with van der Waals surface area (Å²) in [6.07, 6.45) is 9.71. The van der Waals surface area contributed by atoms with Crippen molar-refractivity contribution in [1.82, 2.24) is 0 Å². The molecule has 0 saturated carbocycles. The van der Waals surface area contributed by atoms with Crippen molar-refractivity contribution >= 4 is 11.9 Å². The zero-order valence-electron chi connectivity index (χ0n) is 25.0. The molecule has 2 aromatic carbocycles. The van der Waals surface area contributed by atoms with E-state index >= 15 is 0 Å². The van der Waals surface area contributed by atoms with Crippen LogP contribution in [0.5, 0.6) is 0 Å². The van der Waals surface area contributed by atoms with Crippen LogP contribution < -0.4 is 0 Å². The van der Waals surface area contributed by atoms with E-state index in [-0.39, 0.29) is 24.1 Å². The van der Waals surface area contributed by atoms with Crippen LogP contribution in [0.25, 0.3) is 0 Å². The van der Waals surface area contributed by atoms with Gasteiger partial charge in [-0.25, -0.2) is 0 Å². The SMILES string of the molecule is C[N+]1(Cc2ccccc2)C2CCC1CC(OC(=O)CCCC(=O)OC1CC3CCC(C1)[N+]3(C)Cc1ccccc1)C2. The lowest BCUT2D eigenvalue weighted by atomic mass is 9.95. The molecule has 4 bridgehead atoms. The number of hydrogen-bond donors (Lipinski definition) is 0. The molecule has 6 nitrogen and oxygen atoms in total. The molecule has 2 aromatic rings. The van der Waals surface area contributed by atoms with Crippen LogP contribution in [0.3, 0.4) is 0 Å². The fourth-order valence-corrected chi connectivity index (χ4v) is 8.92. The molecule has 0 aromatic heterocycles. The third-order valence-electron chi connectivity index (χ3n) is 11.2. The Hall–Kier alpha value is -2.70. The summed E-state index contributed by atoms with van der Waals surface area (Å²) in [7, 11) is 4.78. The Morgan fingerprint density at radius 2 is 0.951 bits per heavy atom. The minimum absolute atomic E-state index is 0.00922. The summed E-state index contributed by atoms with van der Waals surface area (Å²) >= 11 is 0. The Kier molecular flexibility index (Phi) is 8.24. The van der Waals surface area contributed by atoms with Crippen molar-refractivity contribution in [2.75, 3.05) is 14.1 Å². The van der Waals surface area contributed by atoms with Crippen LogP contribution in [0.15, 0.2) is 60.7 Å². The van der Waals surface area contributed by atoms with Crippen LogP contribution in [0.1, 0.15) is 81.8 Å². The van der Waals surface area contributed by atoms with Crippen molar-refractivity contribution in [3.63, 3.8) is 0 Å². The molecule has 6 rings (SSSR count). The molecule has 0 amide bonds. The zero-order chi connectivity index (χ0) is 28.5. The molecule has 4 atom stereocenters. The highest BCUT2D eigenvalue weighted by atomic mass is 16.5. The fourth-order valence-electron chi connectivity index (χ4n) is 8.92. The van der Waals surface area contributed by atoms with Gasteiger partial charge in [-0.05, 0) is 6.42 Å². The number of nitrogens with zero attached hydrogens (tertiary/aromatic N) is 2. The van der Waals surface area contributed by atoms with Crippen LogP contribution >= 0.6 is 0 Å². The van der Waals surface area contributed by atoms with Crippen molar-refractivity contribution in [3.05, 3.63) is 71.8 Å². The molecule has 0 spiro atoms. The van der Waals surface area contributed by atoms with Crippen LogP contribution in [0, 0.1) is 0 Å². The Morgan fingerprint density at radius 3 is 1.29 bits per heavy atom. The van der Waals surface area contributed by atoms with E-state index in [1.807, 2.05) is 0 Å². The topological polar surface area (TPSA) is 52.6 Å². The molecule has 4 aliphatic rings. The molecule has 6 heteroatoms. The summed E-state index contributed by atoms with van der Waals surface area (Å²) in [5, 5.41) is 0. The highest BCUT2D eigenvalue weighted by Crippen LogP contribution is 2.44. The summed E-state index contributed by atoms with van der Waals surface area (Å²) in [5.74, 6) is -0.322. The number of benzene rings is 2. The first kappa shape index (κ1) is 28.4. The lowest BCUT2D eigenvalue weighted by Crippen LogP contribution is -2.58. The van der Waals surface area contributed by atoms with Crippen LogP contribution in [-0.2, 0) is 32.2 Å². The predicted octanol–water partition coefficient (Wildman–Crippen LogP) is 5.92.